The van der Waals surface area contributed by atoms with Crippen molar-refractivity contribution in [3.05, 3.63) is 23.5 Å². The Balaban J connectivity index is 2.47. The Labute approximate surface area is 89.7 Å². The number of nitrogens with zero attached hydrogens (tertiary/aromatic N) is 1. The first-order valence-corrected chi connectivity index (χ1v) is 5.32. The highest BCUT2D eigenvalue weighted by Crippen LogP contribution is 2.38. The summed E-state index contributed by atoms with van der Waals surface area (Å²) < 4.78 is 18.9. The molecule has 1 atom stereocenters. The Kier molecular flexibility index (Phi) is 2.55. The van der Waals surface area contributed by atoms with E-state index in [1.54, 1.807) is 0 Å². The number of fused-ring (bicyclic) bond motifs is 1. The van der Waals surface area contributed by atoms with Gasteiger partial charge in [0.1, 0.15) is 6.10 Å². The van der Waals surface area contributed by atoms with Gasteiger partial charge >= 0.3 is 0 Å². The molecule has 0 saturated heterocycles. The number of benzene rings is 1. The molecule has 82 valence electrons. The van der Waals surface area contributed by atoms with Crippen LogP contribution in [0.3, 0.4) is 0 Å². The molecule has 15 heavy (non-hydrogen) atoms. The molecule has 0 N–H and O–H groups in total. The second kappa shape index (κ2) is 3.72. The van der Waals surface area contributed by atoms with Gasteiger partial charge in [0.25, 0.3) is 0 Å². The average molecular weight is 209 g/mol. The molecule has 0 spiro atoms. The number of rotatable bonds is 2. The van der Waals surface area contributed by atoms with Crippen LogP contribution in [0.2, 0.25) is 0 Å². The summed E-state index contributed by atoms with van der Waals surface area (Å²) >= 11 is 0. The number of hydrogen-bond acceptors (Lipinski definition) is 2. The van der Waals surface area contributed by atoms with E-state index in [4.69, 9.17) is 4.74 Å². The van der Waals surface area contributed by atoms with Crippen molar-refractivity contribution >= 4 is 5.69 Å². The highest BCUT2D eigenvalue weighted by molar-refractivity contribution is 5.61. The molecule has 1 unspecified atom stereocenters. The lowest BCUT2D eigenvalue weighted by Crippen LogP contribution is -2.17. The smallest absolute Gasteiger partial charge is 0.165 e. The topological polar surface area (TPSA) is 12.5 Å². The molecule has 1 aliphatic heterocycles. The van der Waals surface area contributed by atoms with E-state index in [0.717, 1.165) is 24.2 Å². The SMILES string of the molecule is CCN(C)c1ccc(F)c2c1CC(C)O2. The number of hydrogen-bond donors (Lipinski definition) is 0. The first kappa shape index (κ1) is 10.3. The van der Waals surface area contributed by atoms with Gasteiger partial charge in [-0.3, -0.25) is 0 Å². The molecule has 0 radical (unpaired) electrons. The van der Waals surface area contributed by atoms with Gasteiger partial charge in [-0.15, -0.1) is 0 Å². The van der Waals surface area contributed by atoms with Crippen LogP contribution >= 0.6 is 0 Å². The van der Waals surface area contributed by atoms with Crippen molar-refractivity contribution in [3.8, 4) is 5.75 Å². The summed E-state index contributed by atoms with van der Waals surface area (Å²) in [7, 11) is 2.01. The zero-order valence-corrected chi connectivity index (χ0v) is 9.38. The molecule has 2 nitrogen and oxygen atoms in total. The van der Waals surface area contributed by atoms with Crippen LogP contribution in [-0.4, -0.2) is 19.7 Å². The minimum atomic E-state index is -0.248. The lowest BCUT2D eigenvalue weighted by atomic mass is 10.1. The molecule has 0 aromatic heterocycles. The maximum Gasteiger partial charge on any atom is 0.165 e. The van der Waals surface area contributed by atoms with Crippen molar-refractivity contribution in [2.24, 2.45) is 0 Å². The molecule has 1 heterocycles. The van der Waals surface area contributed by atoms with Crippen molar-refractivity contribution in [1.29, 1.82) is 0 Å². The summed E-state index contributed by atoms with van der Waals surface area (Å²) in [5.41, 5.74) is 2.09. The first-order chi connectivity index (χ1) is 7.13. The van der Waals surface area contributed by atoms with Gasteiger partial charge in [0.2, 0.25) is 0 Å². The summed E-state index contributed by atoms with van der Waals surface area (Å²) in [6, 6.07) is 3.32. The maximum atomic E-state index is 13.5. The fourth-order valence-corrected chi connectivity index (χ4v) is 1.97. The lowest BCUT2D eigenvalue weighted by Gasteiger charge is -2.19. The third kappa shape index (κ3) is 1.66. The Hall–Kier alpha value is -1.25. The number of anilines is 1. The van der Waals surface area contributed by atoms with Crippen LogP contribution in [0.5, 0.6) is 5.75 Å². The van der Waals surface area contributed by atoms with Crippen LogP contribution in [0, 0.1) is 5.82 Å². The van der Waals surface area contributed by atoms with Gasteiger partial charge in [-0.25, -0.2) is 4.39 Å². The van der Waals surface area contributed by atoms with Crippen molar-refractivity contribution in [2.45, 2.75) is 26.4 Å². The van der Waals surface area contributed by atoms with Crippen molar-refractivity contribution < 1.29 is 9.13 Å². The molecular formula is C12H16FNO. The Morgan fingerprint density at radius 2 is 2.27 bits per heavy atom. The monoisotopic (exact) mass is 209 g/mol. The van der Waals surface area contributed by atoms with E-state index in [1.807, 2.05) is 20.0 Å². The minimum absolute atomic E-state index is 0.0842. The second-order valence-corrected chi connectivity index (χ2v) is 4.02. The minimum Gasteiger partial charge on any atom is -0.487 e. The van der Waals surface area contributed by atoms with Crippen molar-refractivity contribution in [2.75, 3.05) is 18.5 Å². The summed E-state index contributed by atoms with van der Waals surface area (Å²) in [6.45, 7) is 4.95. The predicted octanol–water partition coefficient (Wildman–Crippen LogP) is 2.61. The molecule has 1 aliphatic rings. The van der Waals surface area contributed by atoms with Gasteiger partial charge in [-0.1, -0.05) is 0 Å². The van der Waals surface area contributed by atoms with E-state index in [1.165, 1.54) is 6.07 Å². The van der Waals surface area contributed by atoms with Gasteiger partial charge in [0, 0.05) is 31.3 Å². The van der Waals surface area contributed by atoms with E-state index < -0.39 is 0 Å². The normalized spacial score (nSPS) is 18.5. The maximum absolute atomic E-state index is 13.5. The van der Waals surface area contributed by atoms with Crippen molar-refractivity contribution in [3.63, 3.8) is 0 Å². The average Bonchev–Trinajstić information content (AvgIpc) is 2.60. The second-order valence-electron chi connectivity index (χ2n) is 4.02. The van der Waals surface area contributed by atoms with Crippen molar-refractivity contribution in [1.82, 2.24) is 0 Å². The zero-order chi connectivity index (χ0) is 11.0. The molecule has 3 heteroatoms. The summed E-state index contributed by atoms with van der Waals surface area (Å²) in [4.78, 5) is 2.11. The van der Waals surface area contributed by atoms with Crippen LogP contribution in [0.1, 0.15) is 19.4 Å². The summed E-state index contributed by atoms with van der Waals surface area (Å²) in [6.07, 6.45) is 0.883. The molecular weight excluding hydrogens is 193 g/mol. The van der Waals surface area contributed by atoms with Crippen LogP contribution in [0.25, 0.3) is 0 Å². The van der Waals surface area contributed by atoms with E-state index in [0.29, 0.717) is 5.75 Å². The molecule has 2 rings (SSSR count). The molecule has 0 aliphatic carbocycles. The van der Waals surface area contributed by atoms with Crippen LogP contribution in [0.4, 0.5) is 10.1 Å². The van der Waals surface area contributed by atoms with Gasteiger partial charge in [0.15, 0.2) is 11.6 Å². The summed E-state index contributed by atoms with van der Waals surface area (Å²) in [5, 5.41) is 0. The molecule has 0 saturated carbocycles. The largest absolute Gasteiger partial charge is 0.487 e. The lowest BCUT2D eigenvalue weighted by molar-refractivity contribution is 0.245. The van der Waals surface area contributed by atoms with E-state index in [2.05, 4.69) is 11.8 Å². The molecule has 0 bridgehead atoms. The third-order valence-corrected chi connectivity index (χ3v) is 2.88. The quantitative estimate of drug-likeness (QED) is 0.742. The Morgan fingerprint density at radius 1 is 1.53 bits per heavy atom. The predicted molar refractivity (Wildman–Crippen MR) is 59.1 cm³/mol. The highest BCUT2D eigenvalue weighted by atomic mass is 19.1. The van der Waals surface area contributed by atoms with Gasteiger partial charge in [-0.05, 0) is 26.0 Å². The molecule has 1 aromatic carbocycles. The Bertz CT molecular complexity index is 378. The van der Waals surface area contributed by atoms with E-state index >= 15 is 0 Å². The van der Waals surface area contributed by atoms with Gasteiger partial charge in [-0.2, -0.15) is 0 Å². The third-order valence-electron chi connectivity index (χ3n) is 2.88. The van der Waals surface area contributed by atoms with E-state index in [-0.39, 0.29) is 11.9 Å². The fourth-order valence-electron chi connectivity index (χ4n) is 1.97. The standard InChI is InChI=1S/C12H16FNO/c1-4-14(3)11-6-5-10(13)12-9(11)7-8(2)15-12/h5-6,8H,4,7H2,1-3H3. The zero-order valence-electron chi connectivity index (χ0n) is 9.38. The first-order valence-electron chi connectivity index (χ1n) is 5.32. The van der Waals surface area contributed by atoms with E-state index in [9.17, 15) is 4.39 Å². The van der Waals surface area contributed by atoms with Crippen LogP contribution in [-0.2, 0) is 6.42 Å². The van der Waals surface area contributed by atoms with Crippen LogP contribution in [0.15, 0.2) is 12.1 Å². The molecule has 0 fully saturated rings. The molecule has 0 amide bonds. The molecule has 1 aromatic rings. The van der Waals surface area contributed by atoms with Gasteiger partial charge in [0.05, 0.1) is 0 Å². The van der Waals surface area contributed by atoms with Gasteiger partial charge < -0.3 is 9.64 Å². The summed E-state index contributed by atoms with van der Waals surface area (Å²) in [5.74, 6) is 0.197. The number of halogens is 1. The Morgan fingerprint density at radius 3 is 2.93 bits per heavy atom. The number of ether oxygens (including phenoxy) is 1. The fraction of sp³-hybridized carbons (Fsp3) is 0.500. The highest BCUT2D eigenvalue weighted by Gasteiger charge is 2.26. The van der Waals surface area contributed by atoms with Crippen LogP contribution < -0.4 is 9.64 Å².